The molecule has 7 rings (SSSR count). The molecule has 7 aromatic rings. The Morgan fingerprint density at radius 1 is 0.333 bits per heavy atom. The van der Waals surface area contributed by atoms with Gasteiger partial charge in [0.05, 0.1) is 0 Å². The van der Waals surface area contributed by atoms with E-state index in [1.807, 2.05) is 65.2 Å². The number of rotatable bonds is 5. The van der Waals surface area contributed by atoms with Crippen LogP contribution in [0.2, 0.25) is 0 Å². The second-order valence-electron chi connectivity index (χ2n) is 9.37. The zero-order valence-electron chi connectivity index (χ0n) is 21.1. The second-order valence-corrected chi connectivity index (χ2v) is 9.37. The van der Waals surface area contributed by atoms with Crippen molar-refractivity contribution in [1.29, 1.82) is 0 Å². The quantitative estimate of drug-likeness (QED) is 0.238. The molecule has 0 aliphatic carbocycles. The Kier molecular flexibility index (Phi) is 5.76. The fourth-order valence-corrected chi connectivity index (χ4v) is 4.96. The van der Waals surface area contributed by atoms with Crippen LogP contribution in [0.1, 0.15) is 0 Å². The van der Waals surface area contributed by atoms with Crippen LogP contribution < -0.4 is 0 Å². The number of aromatic nitrogens is 4. The molecule has 184 valence electrons. The summed E-state index contributed by atoms with van der Waals surface area (Å²) in [5.41, 5.74) is 9.81. The summed E-state index contributed by atoms with van der Waals surface area (Å²) in [6.07, 6.45) is 0. The summed E-state index contributed by atoms with van der Waals surface area (Å²) in [6, 6.07) is 49.7. The zero-order chi connectivity index (χ0) is 26.0. The molecular formula is C35H24N4. The van der Waals surface area contributed by atoms with Gasteiger partial charge in [-0.2, -0.15) is 9.61 Å². The van der Waals surface area contributed by atoms with E-state index >= 15 is 0 Å². The lowest BCUT2D eigenvalue weighted by molar-refractivity contribution is 0.918. The van der Waals surface area contributed by atoms with Gasteiger partial charge in [0, 0.05) is 22.3 Å². The molecule has 2 heterocycles. The van der Waals surface area contributed by atoms with Crippen LogP contribution in [0, 0.1) is 0 Å². The Hall–Kier alpha value is -5.35. The lowest BCUT2D eigenvalue weighted by Crippen LogP contribution is -2.03. The van der Waals surface area contributed by atoms with Gasteiger partial charge < -0.3 is 0 Å². The van der Waals surface area contributed by atoms with Gasteiger partial charge in [-0.3, -0.25) is 0 Å². The molecule has 2 aromatic heterocycles. The highest BCUT2D eigenvalue weighted by atomic mass is 15.3. The summed E-state index contributed by atoms with van der Waals surface area (Å²) < 4.78 is 1.89. The van der Waals surface area contributed by atoms with E-state index in [0.29, 0.717) is 5.78 Å². The van der Waals surface area contributed by atoms with E-state index in [1.54, 1.807) is 0 Å². The molecule has 0 radical (unpaired) electrons. The number of fused-ring (bicyclic) bond motifs is 1. The average Bonchev–Trinajstić information content (AvgIpc) is 3.41. The van der Waals surface area contributed by atoms with Crippen LogP contribution in [0.25, 0.3) is 61.9 Å². The summed E-state index contributed by atoms with van der Waals surface area (Å²) in [5, 5.41) is 5.20. The minimum absolute atomic E-state index is 0.564. The van der Waals surface area contributed by atoms with E-state index in [-0.39, 0.29) is 0 Å². The normalized spacial score (nSPS) is 11.1. The Morgan fingerprint density at radius 3 is 1.28 bits per heavy atom. The molecule has 0 saturated carbocycles. The number of imidazole rings is 1. The first kappa shape index (κ1) is 22.8. The van der Waals surface area contributed by atoms with E-state index in [1.165, 1.54) is 11.1 Å². The molecule has 0 amide bonds. The van der Waals surface area contributed by atoms with E-state index in [0.717, 1.165) is 45.0 Å². The van der Waals surface area contributed by atoms with Crippen LogP contribution in [0.15, 0.2) is 146 Å². The van der Waals surface area contributed by atoms with Gasteiger partial charge in [0.25, 0.3) is 5.78 Å². The second kappa shape index (κ2) is 9.84. The highest BCUT2D eigenvalue weighted by molar-refractivity contribution is 5.84. The van der Waals surface area contributed by atoms with Crippen LogP contribution in [0.3, 0.4) is 0 Å². The molecule has 0 fully saturated rings. The van der Waals surface area contributed by atoms with Gasteiger partial charge in [0.2, 0.25) is 0 Å². The zero-order valence-corrected chi connectivity index (χ0v) is 21.1. The predicted octanol–water partition coefficient (Wildman–Crippen LogP) is 8.46. The van der Waals surface area contributed by atoms with E-state index in [4.69, 9.17) is 15.1 Å². The van der Waals surface area contributed by atoms with Crippen molar-refractivity contribution in [3.8, 4) is 56.2 Å². The maximum atomic E-state index is 5.20. The summed E-state index contributed by atoms with van der Waals surface area (Å²) in [4.78, 5) is 10.2. The van der Waals surface area contributed by atoms with Crippen molar-refractivity contribution in [3.63, 3.8) is 0 Å². The maximum absolute atomic E-state index is 5.20. The van der Waals surface area contributed by atoms with Gasteiger partial charge in [0.1, 0.15) is 22.8 Å². The molecule has 0 aliphatic rings. The molecule has 5 aromatic carbocycles. The van der Waals surface area contributed by atoms with Crippen LogP contribution in [0.5, 0.6) is 0 Å². The first-order valence-corrected chi connectivity index (χ1v) is 13.0. The fraction of sp³-hybridized carbons (Fsp3) is 0. The number of nitrogens with zero attached hydrogens (tertiary/aromatic N) is 4. The van der Waals surface area contributed by atoms with Crippen molar-refractivity contribution in [3.05, 3.63) is 146 Å². The van der Waals surface area contributed by atoms with Gasteiger partial charge in [-0.25, -0.2) is 9.97 Å². The van der Waals surface area contributed by atoms with Crippen molar-refractivity contribution >= 4 is 5.78 Å². The minimum atomic E-state index is 0.564. The summed E-state index contributed by atoms with van der Waals surface area (Å²) in [5.74, 6) is 0.564. The minimum Gasteiger partial charge on any atom is -0.209 e. The lowest BCUT2D eigenvalue weighted by atomic mass is 10.0. The molecular weight excluding hydrogens is 476 g/mol. The number of hydrogen-bond donors (Lipinski definition) is 0. The van der Waals surface area contributed by atoms with Gasteiger partial charge in [0.15, 0.2) is 0 Å². The third-order valence-corrected chi connectivity index (χ3v) is 6.88. The Morgan fingerprint density at radius 2 is 0.718 bits per heavy atom. The molecule has 0 bridgehead atoms. The first-order chi connectivity index (χ1) is 19.3. The van der Waals surface area contributed by atoms with E-state index in [2.05, 4.69) is 84.9 Å². The Labute approximate surface area is 226 Å². The van der Waals surface area contributed by atoms with Gasteiger partial charge >= 0.3 is 0 Å². The first-order valence-electron chi connectivity index (χ1n) is 13.0. The van der Waals surface area contributed by atoms with Crippen LogP contribution >= 0.6 is 0 Å². The van der Waals surface area contributed by atoms with Crippen molar-refractivity contribution in [2.45, 2.75) is 0 Å². The van der Waals surface area contributed by atoms with Crippen LogP contribution in [-0.4, -0.2) is 19.6 Å². The summed E-state index contributed by atoms with van der Waals surface area (Å²) in [7, 11) is 0. The highest BCUT2D eigenvalue weighted by Crippen LogP contribution is 2.36. The largest absolute Gasteiger partial charge is 0.252 e. The third kappa shape index (κ3) is 4.28. The molecule has 4 heteroatoms. The van der Waals surface area contributed by atoms with Gasteiger partial charge in [-0.1, -0.05) is 146 Å². The molecule has 39 heavy (non-hydrogen) atoms. The SMILES string of the molecule is c1ccc(-c2ccc(-c3nc4nc(-c5ccccc5)c(-c5ccccc5)nn4c3-c3ccccc3)cc2)cc1. The number of hydrogen-bond acceptors (Lipinski definition) is 3. The molecule has 0 aliphatic heterocycles. The highest BCUT2D eigenvalue weighted by Gasteiger charge is 2.21. The van der Waals surface area contributed by atoms with E-state index < -0.39 is 0 Å². The smallest absolute Gasteiger partial charge is 0.209 e. The Balaban J connectivity index is 1.48. The standard InChI is InChI=1S/C35H24N4/c1-5-13-25(14-6-1)26-21-23-29(24-22-26)33-34(30-19-11-4-12-20-30)39-35(37-33)36-31(27-15-7-2-8-16-27)32(38-39)28-17-9-3-10-18-28/h1-24H. The molecule has 0 unspecified atom stereocenters. The van der Waals surface area contributed by atoms with Crippen molar-refractivity contribution < 1.29 is 0 Å². The summed E-state index contributed by atoms with van der Waals surface area (Å²) >= 11 is 0. The molecule has 0 atom stereocenters. The van der Waals surface area contributed by atoms with Crippen molar-refractivity contribution in [1.82, 2.24) is 19.6 Å². The van der Waals surface area contributed by atoms with Crippen LogP contribution in [-0.2, 0) is 0 Å². The Bertz CT molecular complexity index is 1860. The fourth-order valence-electron chi connectivity index (χ4n) is 4.96. The molecule has 4 nitrogen and oxygen atoms in total. The van der Waals surface area contributed by atoms with Gasteiger partial charge in [-0.15, -0.1) is 0 Å². The van der Waals surface area contributed by atoms with Crippen molar-refractivity contribution in [2.24, 2.45) is 0 Å². The van der Waals surface area contributed by atoms with Gasteiger partial charge in [-0.05, 0) is 11.1 Å². The monoisotopic (exact) mass is 500 g/mol. The third-order valence-electron chi connectivity index (χ3n) is 6.88. The van der Waals surface area contributed by atoms with Crippen LogP contribution in [0.4, 0.5) is 0 Å². The summed E-state index contributed by atoms with van der Waals surface area (Å²) in [6.45, 7) is 0. The molecule has 0 spiro atoms. The average molecular weight is 501 g/mol. The number of benzene rings is 5. The molecule has 0 N–H and O–H groups in total. The maximum Gasteiger partial charge on any atom is 0.252 e. The van der Waals surface area contributed by atoms with Crippen molar-refractivity contribution in [2.75, 3.05) is 0 Å². The predicted molar refractivity (Wildman–Crippen MR) is 158 cm³/mol. The van der Waals surface area contributed by atoms with E-state index in [9.17, 15) is 0 Å². The topological polar surface area (TPSA) is 43.1 Å². The molecule has 0 saturated heterocycles. The lowest BCUT2D eigenvalue weighted by Gasteiger charge is -2.11.